The van der Waals surface area contributed by atoms with Crippen LogP contribution < -0.4 is 5.32 Å². The molecule has 6 nitrogen and oxygen atoms in total. The highest BCUT2D eigenvalue weighted by Gasteiger charge is 2.23. The van der Waals surface area contributed by atoms with Crippen molar-refractivity contribution in [3.63, 3.8) is 0 Å². The van der Waals surface area contributed by atoms with Crippen molar-refractivity contribution in [1.29, 1.82) is 0 Å². The monoisotopic (exact) mass is 372 g/mol. The normalized spacial score (nSPS) is 13.0. The second-order valence-electron chi connectivity index (χ2n) is 6.12. The number of sulfonamides is 1. The molecule has 0 saturated heterocycles. The van der Waals surface area contributed by atoms with Gasteiger partial charge in [-0.3, -0.25) is 4.79 Å². The van der Waals surface area contributed by atoms with E-state index < -0.39 is 22.0 Å². The number of carbonyl (C=O) groups excluding carboxylic acids is 1. The van der Waals surface area contributed by atoms with E-state index in [0.29, 0.717) is 5.76 Å². The number of likely N-dealkylation sites (N-methyl/N-ethyl adjacent to an activating group) is 1. The molecule has 3 rings (SSSR count). The van der Waals surface area contributed by atoms with Gasteiger partial charge < -0.3 is 9.73 Å². The molecule has 1 unspecified atom stereocenters. The van der Waals surface area contributed by atoms with Gasteiger partial charge in [-0.15, -0.1) is 0 Å². The van der Waals surface area contributed by atoms with Crippen LogP contribution in [0.1, 0.15) is 17.4 Å². The maximum atomic E-state index is 12.4. The first kappa shape index (κ1) is 18.2. The van der Waals surface area contributed by atoms with Crippen LogP contribution in [0.4, 0.5) is 0 Å². The number of para-hydroxylation sites is 1. The van der Waals surface area contributed by atoms with Gasteiger partial charge in [-0.25, -0.2) is 8.42 Å². The minimum atomic E-state index is -3.43. The molecule has 1 aromatic heterocycles. The average Bonchev–Trinajstić information content (AvgIpc) is 3.03. The lowest BCUT2D eigenvalue weighted by atomic mass is 10.0. The van der Waals surface area contributed by atoms with Crippen molar-refractivity contribution in [3.05, 3.63) is 72.0 Å². The molecule has 136 valence electrons. The van der Waals surface area contributed by atoms with Gasteiger partial charge in [0.05, 0.1) is 12.8 Å². The summed E-state index contributed by atoms with van der Waals surface area (Å²) in [7, 11) is -2.07. The van der Waals surface area contributed by atoms with Gasteiger partial charge in [0, 0.05) is 12.4 Å². The lowest BCUT2D eigenvalue weighted by molar-refractivity contribution is -0.121. The lowest BCUT2D eigenvalue weighted by Crippen LogP contribution is -2.39. The number of nitrogens with one attached hydrogen (secondary N) is 1. The Balaban J connectivity index is 1.90. The van der Waals surface area contributed by atoms with E-state index >= 15 is 0 Å². The topological polar surface area (TPSA) is 79.6 Å². The Morgan fingerprint density at radius 3 is 2.42 bits per heavy atom. The number of hydrogen-bond donors (Lipinski definition) is 1. The number of fused-ring (bicyclic) bond motifs is 1. The molecule has 2 aromatic carbocycles. The second kappa shape index (κ2) is 7.31. The molecule has 7 heteroatoms. The fourth-order valence-electron chi connectivity index (χ4n) is 2.64. The molecule has 1 heterocycles. The van der Waals surface area contributed by atoms with Crippen LogP contribution in [0.15, 0.2) is 65.1 Å². The van der Waals surface area contributed by atoms with E-state index in [0.717, 1.165) is 27.1 Å². The van der Waals surface area contributed by atoms with Gasteiger partial charge in [-0.2, -0.15) is 4.31 Å². The minimum Gasteiger partial charge on any atom is -0.459 e. The molecule has 0 saturated carbocycles. The third kappa shape index (κ3) is 4.12. The summed E-state index contributed by atoms with van der Waals surface area (Å²) >= 11 is 0. The van der Waals surface area contributed by atoms with Crippen molar-refractivity contribution >= 4 is 26.9 Å². The average molecular weight is 372 g/mol. The Morgan fingerprint density at radius 1 is 1.12 bits per heavy atom. The number of carbonyl (C=O) groups is 1. The number of rotatable bonds is 6. The van der Waals surface area contributed by atoms with E-state index in [1.54, 1.807) is 0 Å². The quantitative estimate of drug-likeness (QED) is 0.721. The van der Waals surface area contributed by atoms with Crippen molar-refractivity contribution in [2.75, 3.05) is 19.8 Å². The third-order valence-corrected chi connectivity index (χ3v) is 5.36. The van der Waals surface area contributed by atoms with Crippen LogP contribution in [0.25, 0.3) is 11.0 Å². The molecule has 0 spiro atoms. The number of benzene rings is 2. The van der Waals surface area contributed by atoms with Gasteiger partial charge in [0.25, 0.3) is 0 Å². The first-order chi connectivity index (χ1) is 12.3. The molecule has 0 aliphatic rings. The number of hydrogen-bond acceptors (Lipinski definition) is 4. The SMILES string of the molecule is CN(CC(=O)NC(c1ccccc1)c1cc2ccccc2o1)S(C)(=O)=O. The van der Waals surface area contributed by atoms with Crippen LogP contribution in [0.5, 0.6) is 0 Å². The zero-order chi connectivity index (χ0) is 18.7. The summed E-state index contributed by atoms with van der Waals surface area (Å²) < 4.78 is 30.0. The summed E-state index contributed by atoms with van der Waals surface area (Å²) in [4.78, 5) is 12.4. The Hall–Kier alpha value is -2.64. The van der Waals surface area contributed by atoms with E-state index in [1.807, 2.05) is 60.7 Å². The number of furan rings is 1. The van der Waals surface area contributed by atoms with E-state index in [2.05, 4.69) is 5.32 Å². The summed E-state index contributed by atoms with van der Waals surface area (Å²) in [5, 5.41) is 3.81. The lowest BCUT2D eigenvalue weighted by Gasteiger charge is -2.19. The van der Waals surface area contributed by atoms with Gasteiger partial charge in [0.2, 0.25) is 15.9 Å². The highest BCUT2D eigenvalue weighted by molar-refractivity contribution is 7.88. The summed E-state index contributed by atoms with van der Waals surface area (Å²) in [6, 6.07) is 18.4. The standard InChI is InChI=1S/C19H20N2O4S/c1-21(26(2,23)24)13-18(22)20-19(14-8-4-3-5-9-14)17-12-15-10-6-7-11-16(15)25-17/h3-12,19H,13H2,1-2H3,(H,20,22). The van der Waals surface area contributed by atoms with Crippen LogP contribution in [0, 0.1) is 0 Å². The predicted octanol–water partition coefficient (Wildman–Crippen LogP) is 2.53. The summed E-state index contributed by atoms with van der Waals surface area (Å²) in [6.45, 7) is -0.262. The Morgan fingerprint density at radius 2 is 1.77 bits per heavy atom. The van der Waals surface area contributed by atoms with Crippen LogP contribution in [0.2, 0.25) is 0 Å². The number of amides is 1. The molecule has 26 heavy (non-hydrogen) atoms. The van der Waals surface area contributed by atoms with E-state index in [9.17, 15) is 13.2 Å². The molecule has 0 aliphatic carbocycles. The van der Waals surface area contributed by atoms with Crippen molar-refractivity contribution in [3.8, 4) is 0 Å². The zero-order valence-corrected chi connectivity index (χ0v) is 15.4. The van der Waals surface area contributed by atoms with Crippen molar-refractivity contribution in [2.24, 2.45) is 0 Å². The first-order valence-corrected chi connectivity index (χ1v) is 9.93. The van der Waals surface area contributed by atoms with E-state index in [-0.39, 0.29) is 6.54 Å². The smallest absolute Gasteiger partial charge is 0.236 e. The molecule has 0 aliphatic heterocycles. The molecule has 1 atom stereocenters. The molecular weight excluding hydrogens is 352 g/mol. The first-order valence-electron chi connectivity index (χ1n) is 8.08. The molecular formula is C19H20N2O4S. The van der Waals surface area contributed by atoms with Crippen LogP contribution in [-0.4, -0.2) is 38.5 Å². The van der Waals surface area contributed by atoms with Crippen molar-refractivity contribution < 1.29 is 17.6 Å². The fraction of sp³-hybridized carbons (Fsp3) is 0.211. The Kier molecular flexibility index (Phi) is 5.11. The van der Waals surface area contributed by atoms with Crippen LogP contribution in [0.3, 0.4) is 0 Å². The highest BCUT2D eigenvalue weighted by atomic mass is 32.2. The van der Waals surface area contributed by atoms with Crippen LogP contribution in [-0.2, 0) is 14.8 Å². The number of nitrogens with zero attached hydrogens (tertiary/aromatic N) is 1. The maximum Gasteiger partial charge on any atom is 0.236 e. The van der Waals surface area contributed by atoms with Gasteiger partial charge in [0.1, 0.15) is 17.4 Å². The van der Waals surface area contributed by atoms with Gasteiger partial charge >= 0.3 is 0 Å². The van der Waals surface area contributed by atoms with E-state index in [1.165, 1.54) is 7.05 Å². The van der Waals surface area contributed by atoms with Crippen molar-refractivity contribution in [2.45, 2.75) is 6.04 Å². The molecule has 1 amide bonds. The van der Waals surface area contributed by atoms with Crippen molar-refractivity contribution in [1.82, 2.24) is 9.62 Å². The molecule has 0 radical (unpaired) electrons. The van der Waals surface area contributed by atoms with Gasteiger partial charge in [-0.05, 0) is 17.7 Å². The minimum absolute atomic E-state index is 0.262. The van der Waals surface area contributed by atoms with Crippen LogP contribution >= 0.6 is 0 Å². The summed E-state index contributed by atoms with van der Waals surface area (Å²) in [5.41, 5.74) is 1.58. The summed E-state index contributed by atoms with van der Waals surface area (Å²) in [6.07, 6.45) is 1.06. The summed E-state index contributed by atoms with van der Waals surface area (Å²) in [5.74, 6) is 0.181. The molecule has 3 aromatic rings. The zero-order valence-electron chi connectivity index (χ0n) is 14.5. The largest absolute Gasteiger partial charge is 0.459 e. The fourth-order valence-corrected chi connectivity index (χ4v) is 2.99. The second-order valence-corrected chi connectivity index (χ2v) is 8.21. The highest BCUT2D eigenvalue weighted by Crippen LogP contribution is 2.28. The molecule has 1 N–H and O–H groups in total. The maximum absolute atomic E-state index is 12.4. The third-order valence-electron chi connectivity index (χ3n) is 4.10. The van der Waals surface area contributed by atoms with Gasteiger partial charge in [-0.1, -0.05) is 48.5 Å². The predicted molar refractivity (Wildman–Crippen MR) is 100 cm³/mol. The van der Waals surface area contributed by atoms with E-state index in [4.69, 9.17) is 4.42 Å². The Bertz CT molecular complexity index is 979. The molecule has 0 fully saturated rings. The van der Waals surface area contributed by atoms with Gasteiger partial charge in [0.15, 0.2) is 0 Å². The molecule has 0 bridgehead atoms. The Labute approximate surface area is 152 Å².